The summed E-state index contributed by atoms with van der Waals surface area (Å²) in [6, 6.07) is -0.0328. The fourth-order valence-corrected chi connectivity index (χ4v) is 1.56. The van der Waals surface area contributed by atoms with Crippen LogP contribution in [0.3, 0.4) is 0 Å². The van der Waals surface area contributed by atoms with Crippen LogP contribution in [0.4, 0.5) is 13.2 Å². The van der Waals surface area contributed by atoms with E-state index < -0.39 is 40.7 Å². The average molecular weight is 282 g/mol. The summed E-state index contributed by atoms with van der Waals surface area (Å²) in [5, 5.41) is 11.3. The second-order valence-corrected chi connectivity index (χ2v) is 3.92. The summed E-state index contributed by atoms with van der Waals surface area (Å²) >= 11 is 5.53. The molecule has 0 radical (unpaired) electrons. The lowest BCUT2D eigenvalue weighted by Gasteiger charge is -2.14. The van der Waals surface area contributed by atoms with Crippen LogP contribution < -0.4 is 5.32 Å². The van der Waals surface area contributed by atoms with Gasteiger partial charge in [0.05, 0.1) is 5.56 Å². The van der Waals surface area contributed by atoms with Crippen LogP contribution in [-0.2, 0) is 0 Å². The highest BCUT2D eigenvalue weighted by Crippen LogP contribution is 2.25. The zero-order chi connectivity index (χ0) is 13.9. The van der Waals surface area contributed by atoms with Gasteiger partial charge < -0.3 is 10.4 Å². The molecular formula is C11H11ClF3NO2. The maximum absolute atomic E-state index is 13.4. The SMILES string of the molecule is CCC(CCl)NC(=O)c1cc(F)c(F)c(O)c1F. The molecular weight excluding hydrogens is 271 g/mol. The number of benzene rings is 1. The number of halogens is 4. The Balaban J connectivity index is 3.07. The molecule has 0 fully saturated rings. The van der Waals surface area contributed by atoms with Crippen molar-refractivity contribution in [2.75, 3.05) is 5.88 Å². The molecule has 0 saturated heterocycles. The zero-order valence-corrected chi connectivity index (χ0v) is 10.2. The van der Waals surface area contributed by atoms with Gasteiger partial charge >= 0.3 is 0 Å². The molecule has 1 aromatic rings. The topological polar surface area (TPSA) is 49.3 Å². The van der Waals surface area contributed by atoms with Gasteiger partial charge in [-0.25, -0.2) is 8.78 Å². The molecule has 0 aliphatic carbocycles. The Hall–Kier alpha value is -1.43. The smallest absolute Gasteiger partial charge is 0.254 e. The quantitative estimate of drug-likeness (QED) is 0.658. The highest BCUT2D eigenvalue weighted by atomic mass is 35.5. The van der Waals surface area contributed by atoms with Crippen molar-refractivity contribution in [3.63, 3.8) is 0 Å². The minimum atomic E-state index is -1.73. The van der Waals surface area contributed by atoms with E-state index in [0.717, 1.165) is 0 Å². The molecule has 0 spiro atoms. The number of hydrogen-bond acceptors (Lipinski definition) is 2. The first kappa shape index (κ1) is 14.6. The fourth-order valence-electron chi connectivity index (χ4n) is 1.27. The van der Waals surface area contributed by atoms with Crippen LogP contribution in [0.5, 0.6) is 5.75 Å². The Bertz CT molecular complexity index is 464. The fraction of sp³-hybridized carbons (Fsp3) is 0.364. The van der Waals surface area contributed by atoms with E-state index in [2.05, 4.69) is 5.32 Å². The highest BCUT2D eigenvalue weighted by molar-refractivity contribution is 6.18. The minimum absolute atomic E-state index is 0.0967. The van der Waals surface area contributed by atoms with Crippen molar-refractivity contribution in [2.45, 2.75) is 19.4 Å². The predicted molar refractivity (Wildman–Crippen MR) is 60.2 cm³/mol. The van der Waals surface area contributed by atoms with E-state index in [1.807, 2.05) is 0 Å². The third kappa shape index (κ3) is 2.87. The van der Waals surface area contributed by atoms with Crippen LogP contribution in [0, 0.1) is 17.5 Å². The van der Waals surface area contributed by atoms with Gasteiger partial charge in [0.25, 0.3) is 5.91 Å². The Morgan fingerprint density at radius 3 is 2.56 bits per heavy atom. The molecule has 0 bridgehead atoms. The number of phenols is 1. The number of phenolic OH excluding ortho intramolecular Hbond substituents is 1. The second kappa shape index (κ2) is 5.95. The van der Waals surface area contributed by atoms with Gasteiger partial charge in [-0.2, -0.15) is 4.39 Å². The normalized spacial score (nSPS) is 12.3. The molecule has 1 aromatic carbocycles. The molecule has 0 saturated carbocycles. The van der Waals surface area contributed by atoms with Gasteiger partial charge in [-0.15, -0.1) is 11.6 Å². The molecule has 1 rings (SSSR count). The average Bonchev–Trinajstić information content (AvgIpc) is 2.37. The summed E-state index contributed by atoms with van der Waals surface area (Å²) in [4.78, 5) is 11.6. The van der Waals surface area contributed by atoms with Crippen molar-refractivity contribution >= 4 is 17.5 Å². The van der Waals surface area contributed by atoms with Crippen LogP contribution in [0.15, 0.2) is 6.07 Å². The van der Waals surface area contributed by atoms with E-state index in [9.17, 15) is 18.0 Å². The van der Waals surface area contributed by atoms with Gasteiger partial charge in [0.1, 0.15) is 0 Å². The first-order valence-corrected chi connectivity index (χ1v) is 5.69. The van der Waals surface area contributed by atoms with Gasteiger partial charge in [0, 0.05) is 11.9 Å². The van der Waals surface area contributed by atoms with E-state index in [1.165, 1.54) is 0 Å². The molecule has 2 N–H and O–H groups in total. The lowest BCUT2D eigenvalue weighted by atomic mass is 10.1. The largest absolute Gasteiger partial charge is 0.503 e. The highest BCUT2D eigenvalue weighted by Gasteiger charge is 2.23. The maximum atomic E-state index is 13.4. The number of nitrogens with one attached hydrogen (secondary N) is 1. The van der Waals surface area contributed by atoms with E-state index in [4.69, 9.17) is 16.7 Å². The molecule has 1 unspecified atom stereocenters. The summed E-state index contributed by atoms with van der Waals surface area (Å²) in [6.07, 6.45) is 0.493. The molecule has 0 aliphatic rings. The minimum Gasteiger partial charge on any atom is -0.503 e. The molecule has 0 aromatic heterocycles. The Labute approximate surface area is 107 Å². The van der Waals surface area contributed by atoms with Crippen LogP contribution >= 0.6 is 11.6 Å². The summed E-state index contributed by atoms with van der Waals surface area (Å²) in [5.41, 5.74) is -0.769. The van der Waals surface area contributed by atoms with Gasteiger partial charge in [-0.3, -0.25) is 4.79 Å². The second-order valence-electron chi connectivity index (χ2n) is 3.62. The number of carbonyl (C=O) groups is 1. The van der Waals surface area contributed by atoms with E-state index in [1.54, 1.807) is 6.92 Å². The van der Waals surface area contributed by atoms with Gasteiger partial charge in [0.2, 0.25) is 5.82 Å². The first-order chi connectivity index (χ1) is 8.42. The van der Waals surface area contributed by atoms with E-state index in [-0.39, 0.29) is 5.88 Å². The molecule has 100 valence electrons. The molecule has 1 atom stereocenters. The molecule has 18 heavy (non-hydrogen) atoms. The standard InChI is InChI=1S/C11H11ClF3NO2/c1-2-5(4-12)16-11(18)6-3-7(13)9(15)10(17)8(6)14/h3,5,17H,2,4H2,1H3,(H,16,18). The van der Waals surface area contributed by atoms with Crippen molar-refractivity contribution in [1.82, 2.24) is 5.32 Å². The number of rotatable bonds is 4. The lowest BCUT2D eigenvalue weighted by Crippen LogP contribution is -2.36. The van der Waals surface area contributed by atoms with Crippen LogP contribution in [0.1, 0.15) is 23.7 Å². The summed E-state index contributed by atoms with van der Waals surface area (Å²) in [6.45, 7) is 1.74. The van der Waals surface area contributed by atoms with Crippen molar-refractivity contribution in [1.29, 1.82) is 0 Å². The molecule has 1 amide bonds. The maximum Gasteiger partial charge on any atom is 0.254 e. The van der Waals surface area contributed by atoms with Gasteiger partial charge in [-0.05, 0) is 12.5 Å². The van der Waals surface area contributed by atoms with Crippen molar-refractivity contribution in [3.05, 3.63) is 29.1 Å². The van der Waals surface area contributed by atoms with Crippen molar-refractivity contribution < 1.29 is 23.1 Å². The number of carbonyl (C=O) groups excluding carboxylic acids is 1. The zero-order valence-electron chi connectivity index (χ0n) is 9.44. The molecule has 0 aliphatic heterocycles. The van der Waals surface area contributed by atoms with Gasteiger partial charge in [0.15, 0.2) is 17.4 Å². The number of alkyl halides is 1. The van der Waals surface area contributed by atoms with E-state index >= 15 is 0 Å². The monoisotopic (exact) mass is 281 g/mol. The summed E-state index contributed by atoms with van der Waals surface area (Å²) in [7, 11) is 0. The summed E-state index contributed by atoms with van der Waals surface area (Å²) in [5.74, 6) is -7.12. The third-order valence-corrected chi connectivity index (χ3v) is 2.76. The van der Waals surface area contributed by atoms with Crippen molar-refractivity contribution in [3.8, 4) is 5.75 Å². The van der Waals surface area contributed by atoms with Crippen LogP contribution in [-0.4, -0.2) is 22.9 Å². The lowest BCUT2D eigenvalue weighted by molar-refractivity contribution is 0.0934. The molecule has 0 heterocycles. The number of amides is 1. The van der Waals surface area contributed by atoms with Gasteiger partial charge in [-0.1, -0.05) is 6.92 Å². The van der Waals surface area contributed by atoms with Crippen molar-refractivity contribution in [2.24, 2.45) is 0 Å². The number of hydrogen-bond donors (Lipinski definition) is 2. The molecule has 7 heteroatoms. The Morgan fingerprint density at radius 1 is 1.44 bits per heavy atom. The summed E-state index contributed by atoms with van der Waals surface area (Å²) < 4.78 is 39.2. The first-order valence-electron chi connectivity index (χ1n) is 5.15. The molecule has 3 nitrogen and oxygen atoms in total. The van der Waals surface area contributed by atoms with Crippen LogP contribution in [0.2, 0.25) is 0 Å². The third-order valence-electron chi connectivity index (χ3n) is 2.39. The van der Waals surface area contributed by atoms with E-state index in [0.29, 0.717) is 12.5 Å². The predicted octanol–water partition coefficient (Wildman–Crippen LogP) is 2.56. The Kier molecular flexibility index (Phi) is 4.84. The Morgan fingerprint density at radius 2 is 2.06 bits per heavy atom. The van der Waals surface area contributed by atoms with Crippen LogP contribution in [0.25, 0.3) is 0 Å². The number of aromatic hydroxyl groups is 1.